The molecular weight excluding hydrogens is 396 g/mol. The highest BCUT2D eigenvalue weighted by atomic mass is 16.5. The minimum atomic E-state index is -0.692. The summed E-state index contributed by atoms with van der Waals surface area (Å²) >= 11 is 0. The molecule has 0 unspecified atom stereocenters. The van der Waals surface area contributed by atoms with Gasteiger partial charge in [0.1, 0.15) is 11.3 Å². The highest BCUT2D eigenvalue weighted by Crippen LogP contribution is 2.31. The monoisotopic (exact) mass is 420 g/mol. The van der Waals surface area contributed by atoms with Crippen LogP contribution in [0.2, 0.25) is 0 Å². The van der Waals surface area contributed by atoms with Gasteiger partial charge in [0.25, 0.3) is 11.5 Å². The van der Waals surface area contributed by atoms with E-state index in [9.17, 15) is 19.5 Å². The second kappa shape index (κ2) is 8.63. The Hall–Kier alpha value is -3.61. The first-order valence-corrected chi connectivity index (χ1v) is 10.5. The first kappa shape index (κ1) is 20.7. The van der Waals surface area contributed by atoms with Gasteiger partial charge in [0.05, 0.1) is 17.7 Å². The number of rotatable bonds is 6. The molecule has 0 saturated heterocycles. The zero-order valence-corrected chi connectivity index (χ0v) is 17.3. The molecule has 0 spiro atoms. The van der Waals surface area contributed by atoms with Crippen LogP contribution >= 0.6 is 0 Å². The Balaban J connectivity index is 1.60. The Morgan fingerprint density at radius 2 is 1.94 bits per heavy atom. The summed E-state index contributed by atoms with van der Waals surface area (Å²) in [5.74, 6) is -1.43. The highest BCUT2D eigenvalue weighted by molar-refractivity contribution is 6.09. The van der Waals surface area contributed by atoms with Crippen molar-refractivity contribution in [3.05, 3.63) is 69.5 Å². The van der Waals surface area contributed by atoms with Crippen molar-refractivity contribution in [1.29, 1.82) is 0 Å². The summed E-state index contributed by atoms with van der Waals surface area (Å²) < 4.78 is 6.74. The van der Waals surface area contributed by atoms with Crippen molar-refractivity contribution in [2.45, 2.75) is 39.2 Å². The second-order valence-electron chi connectivity index (χ2n) is 7.62. The van der Waals surface area contributed by atoms with Crippen molar-refractivity contribution in [3.63, 3.8) is 0 Å². The summed E-state index contributed by atoms with van der Waals surface area (Å²) in [6, 6.07) is 11.7. The number of para-hydroxylation sites is 1. The molecule has 31 heavy (non-hydrogen) atoms. The topological polar surface area (TPSA) is 97.6 Å². The van der Waals surface area contributed by atoms with Gasteiger partial charge in [-0.05, 0) is 55.2 Å². The van der Waals surface area contributed by atoms with Gasteiger partial charge in [-0.3, -0.25) is 9.59 Å². The number of aromatic nitrogens is 1. The van der Waals surface area contributed by atoms with Crippen molar-refractivity contribution in [2.75, 3.05) is 11.9 Å². The lowest BCUT2D eigenvalue weighted by Crippen LogP contribution is -2.31. The van der Waals surface area contributed by atoms with Crippen LogP contribution in [0, 0.1) is 0 Å². The molecule has 0 bridgehead atoms. The number of carbonyl (C=O) groups excluding carboxylic acids is 2. The number of hydrogen-bond donors (Lipinski definition) is 2. The molecule has 1 aliphatic heterocycles. The van der Waals surface area contributed by atoms with Crippen LogP contribution in [0.4, 0.5) is 5.69 Å². The van der Waals surface area contributed by atoms with E-state index in [1.165, 1.54) is 0 Å². The summed E-state index contributed by atoms with van der Waals surface area (Å²) in [6.07, 6.45) is 3.36. The largest absolute Gasteiger partial charge is 0.506 e. The predicted molar refractivity (Wildman–Crippen MR) is 118 cm³/mol. The number of pyridine rings is 1. The Kier molecular flexibility index (Phi) is 5.75. The van der Waals surface area contributed by atoms with Crippen LogP contribution in [0.3, 0.4) is 0 Å². The molecular formula is C24H24N2O5. The molecule has 4 rings (SSSR count). The number of aryl methyl sites for hydroxylation is 2. The second-order valence-corrected chi connectivity index (χ2v) is 7.62. The lowest BCUT2D eigenvalue weighted by molar-refractivity contribution is 0.0499. The smallest absolute Gasteiger partial charge is 0.338 e. The third-order valence-corrected chi connectivity index (χ3v) is 5.50. The van der Waals surface area contributed by atoms with E-state index in [4.69, 9.17) is 4.74 Å². The fourth-order valence-electron chi connectivity index (χ4n) is 3.90. The molecule has 0 fully saturated rings. The van der Waals surface area contributed by atoms with E-state index in [1.54, 1.807) is 34.9 Å². The van der Waals surface area contributed by atoms with Gasteiger partial charge in [0.15, 0.2) is 0 Å². The molecule has 2 N–H and O–H groups in total. The minimum absolute atomic E-state index is 0.283. The summed E-state index contributed by atoms with van der Waals surface area (Å²) in [4.78, 5) is 37.9. The SMILES string of the molecule is CCCCOC(=O)c1ccc(NC(=O)c2c(O)c3cccc4c3n(c2=O)CCC4)cc1. The van der Waals surface area contributed by atoms with Crippen LogP contribution in [-0.4, -0.2) is 28.2 Å². The van der Waals surface area contributed by atoms with E-state index in [2.05, 4.69) is 5.32 Å². The fraction of sp³-hybridized carbons (Fsp3) is 0.292. The molecule has 2 aromatic carbocycles. The predicted octanol–water partition coefficient (Wildman–Crippen LogP) is 3.86. The van der Waals surface area contributed by atoms with Crippen LogP contribution in [0.1, 0.15) is 52.5 Å². The van der Waals surface area contributed by atoms with Crippen molar-refractivity contribution in [2.24, 2.45) is 0 Å². The number of nitrogens with one attached hydrogen (secondary N) is 1. The lowest BCUT2D eigenvalue weighted by atomic mass is 9.99. The van der Waals surface area contributed by atoms with E-state index >= 15 is 0 Å². The molecule has 160 valence electrons. The van der Waals surface area contributed by atoms with Crippen molar-refractivity contribution >= 4 is 28.5 Å². The number of anilines is 1. The van der Waals surface area contributed by atoms with Gasteiger partial charge in [0.2, 0.25) is 0 Å². The van der Waals surface area contributed by atoms with E-state index in [-0.39, 0.29) is 11.3 Å². The number of unbranched alkanes of at least 4 members (excludes halogenated alkanes) is 1. The summed E-state index contributed by atoms with van der Waals surface area (Å²) in [6.45, 7) is 2.88. The molecule has 0 radical (unpaired) electrons. The fourth-order valence-corrected chi connectivity index (χ4v) is 3.90. The number of aromatic hydroxyl groups is 1. The zero-order valence-electron chi connectivity index (χ0n) is 17.3. The molecule has 0 aliphatic carbocycles. The third-order valence-electron chi connectivity index (χ3n) is 5.50. The quantitative estimate of drug-likeness (QED) is 0.466. The van der Waals surface area contributed by atoms with Crippen LogP contribution in [0.5, 0.6) is 5.75 Å². The number of amides is 1. The van der Waals surface area contributed by atoms with Crippen molar-refractivity contribution in [1.82, 2.24) is 4.57 Å². The maximum absolute atomic E-state index is 13.0. The third kappa shape index (κ3) is 3.91. The molecule has 1 aromatic heterocycles. The van der Waals surface area contributed by atoms with Gasteiger partial charge in [0, 0.05) is 17.6 Å². The number of hydrogen-bond acceptors (Lipinski definition) is 5. The maximum Gasteiger partial charge on any atom is 0.338 e. The Bertz CT molecular complexity index is 1210. The van der Waals surface area contributed by atoms with Crippen molar-refractivity contribution in [3.8, 4) is 5.75 Å². The minimum Gasteiger partial charge on any atom is -0.506 e. The number of esters is 1. The molecule has 0 saturated carbocycles. The summed E-state index contributed by atoms with van der Waals surface area (Å²) in [5, 5.41) is 13.9. The normalized spacial score (nSPS) is 12.5. The zero-order chi connectivity index (χ0) is 22.0. The molecule has 1 amide bonds. The van der Waals surface area contributed by atoms with Crippen molar-refractivity contribution < 1.29 is 19.4 Å². The van der Waals surface area contributed by atoms with Gasteiger partial charge in [-0.25, -0.2) is 4.79 Å². The van der Waals surface area contributed by atoms with Crippen LogP contribution in [0.25, 0.3) is 10.9 Å². The Morgan fingerprint density at radius 1 is 1.16 bits per heavy atom. The number of nitrogens with zero attached hydrogens (tertiary/aromatic N) is 1. The molecule has 2 heterocycles. The van der Waals surface area contributed by atoms with E-state index in [0.717, 1.165) is 31.2 Å². The van der Waals surface area contributed by atoms with E-state index < -0.39 is 17.4 Å². The number of benzene rings is 2. The molecule has 7 heteroatoms. The van der Waals surface area contributed by atoms with Gasteiger partial charge >= 0.3 is 5.97 Å². The van der Waals surface area contributed by atoms with Gasteiger partial charge < -0.3 is 19.7 Å². The average Bonchev–Trinajstić information content (AvgIpc) is 2.78. The van der Waals surface area contributed by atoms with Crippen LogP contribution in [-0.2, 0) is 17.7 Å². The summed E-state index contributed by atoms with van der Waals surface area (Å²) in [5.41, 5.74) is 1.67. The molecule has 7 nitrogen and oxygen atoms in total. The lowest BCUT2D eigenvalue weighted by Gasteiger charge is -2.21. The number of ether oxygens (including phenoxy) is 1. The van der Waals surface area contributed by atoms with E-state index in [0.29, 0.717) is 35.3 Å². The van der Waals surface area contributed by atoms with Gasteiger partial charge in [-0.15, -0.1) is 0 Å². The van der Waals surface area contributed by atoms with Crippen LogP contribution in [0.15, 0.2) is 47.3 Å². The van der Waals surface area contributed by atoms with E-state index in [1.807, 2.05) is 19.1 Å². The van der Waals surface area contributed by atoms with Crippen LogP contribution < -0.4 is 10.9 Å². The Morgan fingerprint density at radius 3 is 2.68 bits per heavy atom. The Labute approximate surface area is 179 Å². The average molecular weight is 420 g/mol. The van der Waals surface area contributed by atoms with Gasteiger partial charge in [-0.2, -0.15) is 0 Å². The first-order chi connectivity index (χ1) is 15.0. The number of carbonyl (C=O) groups is 2. The highest BCUT2D eigenvalue weighted by Gasteiger charge is 2.25. The first-order valence-electron chi connectivity index (χ1n) is 10.5. The molecule has 3 aromatic rings. The molecule has 1 aliphatic rings. The van der Waals surface area contributed by atoms with Gasteiger partial charge in [-0.1, -0.05) is 25.5 Å². The maximum atomic E-state index is 13.0. The molecule has 0 atom stereocenters. The standard InChI is InChI=1S/C24H24N2O5/c1-2-3-14-31-24(30)16-9-11-17(12-10-16)25-22(28)19-21(27)18-8-4-6-15-7-5-13-26(20(15)18)23(19)29/h4,6,8-12,27H,2-3,5,7,13-14H2,1H3,(H,25,28). The summed E-state index contributed by atoms with van der Waals surface area (Å²) in [7, 11) is 0.